The molecule has 0 radical (unpaired) electrons. The maximum Gasteiger partial charge on any atom is 0.573 e. The molecule has 4 rings (SSSR count). The van der Waals surface area contributed by atoms with Gasteiger partial charge in [0.15, 0.2) is 0 Å². The van der Waals surface area contributed by atoms with Gasteiger partial charge in [-0.2, -0.15) is 0 Å². The first-order chi connectivity index (χ1) is 15.7. The largest absolute Gasteiger partial charge is 0.573 e. The predicted molar refractivity (Wildman–Crippen MR) is 116 cm³/mol. The molecular formula is C23H19F3N4O3. The van der Waals surface area contributed by atoms with Crippen LogP contribution in [0, 0.1) is 6.92 Å². The van der Waals surface area contributed by atoms with Crippen LogP contribution < -0.4 is 15.7 Å². The van der Waals surface area contributed by atoms with Crippen molar-refractivity contribution in [3.8, 4) is 17.3 Å². The molecule has 0 saturated heterocycles. The summed E-state index contributed by atoms with van der Waals surface area (Å²) in [5, 5.41) is 13.9. The Kier molecular flexibility index (Phi) is 5.82. The Hall–Kier alpha value is -4.21. The third kappa shape index (κ3) is 4.84. The Morgan fingerprint density at radius 3 is 2.42 bits per heavy atom. The van der Waals surface area contributed by atoms with Crippen molar-refractivity contribution in [1.82, 2.24) is 14.1 Å². The molecule has 0 aliphatic carbocycles. The van der Waals surface area contributed by atoms with E-state index in [1.54, 1.807) is 25.4 Å². The number of hydrogen-bond donors (Lipinski definition) is 2. The van der Waals surface area contributed by atoms with Crippen molar-refractivity contribution in [2.45, 2.75) is 19.8 Å². The van der Waals surface area contributed by atoms with Crippen LogP contribution in [-0.2, 0) is 6.54 Å². The van der Waals surface area contributed by atoms with Gasteiger partial charge in [-0.15, -0.1) is 13.2 Å². The maximum absolute atomic E-state index is 13.1. The molecule has 0 fully saturated rings. The summed E-state index contributed by atoms with van der Waals surface area (Å²) in [7, 11) is 0. The van der Waals surface area contributed by atoms with Gasteiger partial charge in [-0.25, -0.2) is 9.36 Å². The average molecular weight is 456 g/mol. The van der Waals surface area contributed by atoms with Crippen molar-refractivity contribution in [3.63, 3.8) is 0 Å². The predicted octanol–water partition coefficient (Wildman–Crippen LogP) is 4.74. The van der Waals surface area contributed by atoms with Crippen LogP contribution in [0.5, 0.6) is 11.6 Å². The molecule has 0 atom stereocenters. The molecule has 2 heterocycles. The summed E-state index contributed by atoms with van der Waals surface area (Å²) in [6.07, 6.45) is -1.59. The summed E-state index contributed by atoms with van der Waals surface area (Å²) < 4.78 is 43.4. The molecule has 2 aromatic heterocycles. The Balaban J connectivity index is 1.66. The molecule has 0 aliphatic heterocycles. The van der Waals surface area contributed by atoms with E-state index in [2.05, 4.69) is 15.0 Å². The van der Waals surface area contributed by atoms with E-state index in [4.69, 9.17) is 0 Å². The minimum atomic E-state index is -4.82. The third-order valence-electron chi connectivity index (χ3n) is 4.98. The van der Waals surface area contributed by atoms with Crippen molar-refractivity contribution >= 4 is 11.4 Å². The summed E-state index contributed by atoms with van der Waals surface area (Å²) in [6.45, 7) is 1.72. The Labute approximate surface area is 186 Å². The summed E-state index contributed by atoms with van der Waals surface area (Å²) in [5.41, 5.74) is 2.25. The van der Waals surface area contributed by atoms with Crippen LogP contribution in [0.2, 0.25) is 0 Å². The number of aromatic nitrogens is 3. The van der Waals surface area contributed by atoms with Gasteiger partial charge in [0.25, 0.3) is 0 Å². The van der Waals surface area contributed by atoms with Crippen molar-refractivity contribution < 1.29 is 23.0 Å². The number of ether oxygens (including phenoxy) is 1. The smallest absolute Gasteiger partial charge is 0.493 e. The third-order valence-corrected chi connectivity index (χ3v) is 4.98. The number of rotatable bonds is 6. The number of para-hydroxylation sites is 1. The maximum atomic E-state index is 13.1. The fraction of sp³-hybridized carbons (Fsp3) is 0.130. The van der Waals surface area contributed by atoms with Crippen LogP contribution in [0.25, 0.3) is 5.69 Å². The first kappa shape index (κ1) is 22.0. The zero-order valence-corrected chi connectivity index (χ0v) is 17.4. The number of imidazole rings is 1. The lowest BCUT2D eigenvalue weighted by Crippen LogP contribution is -2.24. The van der Waals surface area contributed by atoms with E-state index in [0.29, 0.717) is 11.4 Å². The Morgan fingerprint density at radius 1 is 1.06 bits per heavy atom. The van der Waals surface area contributed by atoms with E-state index >= 15 is 0 Å². The van der Waals surface area contributed by atoms with E-state index in [9.17, 15) is 23.1 Å². The second kappa shape index (κ2) is 8.73. The monoisotopic (exact) mass is 456 g/mol. The molecule has 0 aliphatic rings. The molecule has 10 heteroatoms. The first-order valence-electron chi connectivity index (χ1n) is 9.85. The average Bonchev–Trinajstić information content (AvgIpc) is 2.98. The van der Waals surface area contributed by atoms with Crippen molar-refractivity contribution in [1.29, 1.82) is 0 Å². The van der Waals surface area contributed by atoms with Crippen LogP contribution in [0.3, 0.4) is 0 Å². The number of halogens is 3. The standard InChI is InChI=1S/C23H19F3N4O3/c1-15-21(31)30(18-7-9-19(10-8-18)33-23(24,25)26)22(32)29(15)14-16-11-12-27-13-20(16)28-17-5-3-2-4-6-17/h2-13,28,31H,14H2,1H3. The topological polar surface area (TPSA) is 81.3 Å². The fourth-order valence-corrected chi connectivity index (χ4v) is 3.37. The Morgan fingerprint density at radius 2 is 1.76 bits per heavy atom. The molecule has 4 aromatic rings. The SMILES string of the molecule is Cc1c(O)n(-c2ccc(OC(F)(F)F)cc2)c(=O)n1Cc1ccncc1Nc1ccccc1. The molecule has 0 unspecified atom stereocenters. The molecule has 0 bridgehead atoms. The zero-order valence-electron chi connectivity index (χ0n) is 17.4. The number of aromatic hydroxyl groups is 1. The summed E-state index contributed by atoms with van der Waals surface area (Å²) >= 11 is 0. The molecule has 2 N–H and O–H groups in total. The highest BCUT2D eigenvalue weighted by Crippen LogP contribution is 2.27. The second-order valence-electron chi connectivity index (χ2n) is 7.18. The van der Waals surface area contributed by atoms with Gasteiger partial charge < -0.3 is 15.2 Å². The van der Waals surface area contributed by atoms with E-state index in [1.165, 1.54) is 16.7 Å². The number of nitrogens with one attached hydrogen (secondary N) is 1. The lowest BCUT2D eigenvalue weighted by molar-refractivity contribution is -0.274. The zero-order chi connectivity index (χ0) is 23.6. The minimum absolute atomic E-state index is 0.137. The van der Waals surface area contributed by atoms with Crippen LogP contribution in [0.15, 0.2) is 77.9 Å². The molecule has 0 saturated carbocycles. The van der Waals surface area contributed by atoms with Crippen LogP contribution in [0.4, 0.5) is 24.5 Å². The van der Waals surface area contributed by atoms with Gasteiger partial charge in [-0.05, 0) is 55.0 Å². The van der Waals surface area contributed by atoms with E-state index in [1.807, 2.05) is 30.3 Å². The van der Waals surface area contributed by atoms with Gasteiger partial charge in [0.2, 0.25) is 5.88 Å². The Bertz CT molecular complexity index is 1310. The molecular weight excluding hydrogens is 437 g/mol. The van der Waals surface area contributed by atoms with Gasteiger partial charge in [0, 0.05) is 11.9 Å². The molecule has 0 amide bonds. The number of pyridine rings is 1. The number of benzene rings is 2. The first-order valence-corrected chi connectivity index (χ1v) is 9.85. The summed E-state index contributed by atoms with van der Waals surface area (Å²) in [6, 6.07) is 15.9. The van der Waals surface area contributed by atoms with Gasteiger partial charge >= 0.3 is 12.1 Å². The lowest BCUT2D eigenvalue weighted by atomic mass is 10.2. The van der Waals surface area contributed by atoms with Crippen molar-refractivity contribution in [2.24, 2.45) is 0 Å². The quantitative estimate of drug-likeness (QED) is 0.438. The highest BCUT2D eigenvalue weighted by molar-refractivity contribution is 5.62. The molecule has 0 spiro atoms. The van der Waals surface area contributed by atoms with Crippen LogP contribution in [0.1, 0.15) is 11.3 Å². The minimum Gasteiger partial charge on any atom is -0.493 e. The van der Waals surface area contributed by atoms with Crippen molar-refractivity contribution in [3.05, 3.63) is 94.8 Å². The highest BCUT2D eigenvalue weighted by atomic mass is 19.4. The normalized spacial score (nSPS) is 11.4. The number of hydrogen-bond acceptors (Lipinski definition) is 5. The number of alkyl halides is 3. The van der Waals surface area contributed by atoms with E-state index < -0.39 is 17.8 Å². The lowest BCUT2D eigenvalue weighted by Gasteiger charge is -2.12. The van der Waals surface area contributed by atoms with Gasteiger partial charge in [-0.3, -0.25) is 9.55 Å². The summed E-state index contributed by atoms with van der Waals surface area (Å²) in [5.74, 6) is -0.737. The van der Waals surface area contributed by atoms with E-state index in [0.717, 1.165) is 28.0 Å². The molecule has 7 nitrogen and oxygen atoms in total. The number of anilines is 2. The number of nitrogens with zero attached hydrogens (tertiary/aromatic N) is 3. The van der Waals surface area contributed by atoms with Crippen LogP contribution in [-0.4, -0.2) is 25.6 Å². The second-order valence-corrected chi connectivity index (χ2v) is 7.18. The van der Waals surface area contributed by atoms with E-state index in [-0.39, 0.29) is 18.1 Å². The molecule has 33 heavy (non-hydrogen) atoms. The van der Waals surface area contributed by atoms with Gasteiger partial charge in [0.1, 0.15) is 5.75 Å². The van der Waals surface area contributed by atoms with Gasteiger partial charge in [-0.1, -0.05) is 18.2 Å². The van der Waals surface area contributed by atoms with Gasteiger partial charge in [0.05, 0.1) is 29.8 Å². The van der Waals surface area contributed by atoms with Crippen LogP contribution >= 0.6 is 0 Å². The molecule has 170 valence electrons. The fourth-order valence-electron chi connectivity index (χ4n) is 3.37. The molecule has 2 aromatic carbocycles. The summed E-state index contributed by atoms with van der Waals surface area (Å²) in [4.78, 5) is 17.3. The highest BCUT2D eigenvalue weighted by Gasteiger charge is 2.31. The van der Waals surface area contributed by atoms with Crippen molar-refractivity contribution in [2.75, 3.05) is 5.32 Å².